The number of halogens is 1. The third kappa shape index (κ3) is 4.65. The van der Waals surface area contributed by atoms with Crippen LogP contribution in [-0.2, 0) is 11.3 Å². The van der Waals surface area contributed by atoms with Gasteiger partial charge >= 0.3 is 0 Å². The van der Waals surface area contributed by atoms with E-state index in [-0.39, 0.29) is 24.1 Å². The summed E-state index contributed by atoms with van der Waals surface area (Å²) >= 11 is 6.20. The number of aliphatic imine (C=N–C) groups is 1. The smallest absolute Gasteiger partial charge is 0.279 e. The minimum Gasteiger partial charge on any atom is -0.497 e. The van der Waals surface area contributed by atoms with Crippen molar-refractivity contribution in [2.75, 3.05) is 21.3 Å². The van der Waals surface area contributed by atoms with E-state index in [1.54, 1.807) is 57.7 Å². The molecule has 0 spiro atoms. The van der Waals surface area contributed by atoms with Gasteiger partial charge in [0, 0.05) is 17.7 Å². The fraction of sp³-hybridized carbons (Fsp3) is 0.167. The Morgan fingerprint density at radius 2 is 1.76 bits per heavy atom. The van der Waals surface area contributed by atoms with E-state index in [9.17, 15) is 4.79 Å². The highest BCUT2D eigenvalue weighted by Crippen LogP contribution is 2.32. The van der Waals surface area contributed by atoms with Gasteiger partial charge in [0.15, 0.2) is 0 Å². The van der Waals surface area contributed by atoms with Gasteiger partial charge in [-0.25, -0.2) is 4.99 Å². The average molecular weight is 468 g/mol. The van der Waals surface area contributed by atoms with Crippen LogP contribution in [0.5, 0.6) is 17.2 Å². The minimum atomic E-state index is -0.334. The van der Waals surface area contributed by atoms with Crippen LogP contribution in [0.1, 0.15) is 11.3 Å². The van der Waals surface area contributed by atoms with Crippen molar-refractivity contribution in [2.45, 2.75) is 6.54 Å². The van der Waals surface area contributed by atoms with Crippen molar-refractivity contribution >= 4 is 29.5 Å². The quantitative estimate of drug-likeness (QED) is 0.519. The Kier molecular flexibility index (Phi) is 6.28. The second-order valence-electron chi connectivity index (χ2n) is 7.16. The van der Waals surface area contributed by atoms with E-state index in [0.29, 0.717) is 33.8 Å². The molecule has 2 heterocycles. The summed E-state index contributed by atoms with van der Waals surface area (Å²) in [5.41, 5.74) is 7.78. The Labute approximate surface area is 195 Å². The summed E-state index contributed by atoms with van der Waals surface area (Å²) < 4.78 is 21.6. The van der Waals surface area contributed by atoms with E-state index in [1.807, 2.05) is 18.2 Å². The Bertz CT molecular complexity index is 1240. The maximum absolute atomic E-state index is 13.0. The fourth-order valence-corrected chi connectivity index (χ4v) is 3.66. The van der Waals surface area contributed by atoms with Crippen molar-refractivity contribution in [3.63, 3.8) is 0 Å². The number of furan rings is 1. The van der Waals surface area contributed by atoms with Crippen molar-refractivity contribution in [2.24, 2.45) is 10.7 Å². The number of nitrogens with two attached hydrogens (primary N) is 1. The molecule has 0 fully saturated rings. The zero-order chi connectivity index (χ0) is 23.5. The maximum Gasteiger partial charge on any atom is 0.279 e. The predicted molar refractivity (Wildman–Crippen MR) is 125 cm³/mol. The molecule has 0 saturated heterocycles. The first kappa shape index (κ1) is 22.3. The summed E-state index contributed by atoms with van der Waals surface area (Å²) in [6.45, 7) is 0.215. The largest absolute Gasteiger partial charge is 0.497 e. The number of methoxy groups -OCH3 is 3. The van der Waals surface area contributed by atoms with E-state index >= 15 is 0 Å². The molecule has 3 aromatic rings. The van der Waals surface area contributed by atoms with E-state index in [4.69, 9.17) is 36.0 Å². The molecule has 0 atom stereocenters. The summed E-state index contributed by atoms with van der Waals surface area (Å²) in [5.74, 6) is 2.62. The van der Waals surface area contributed by atoms with Gasteiger partial charge < -0.3 is 24.4 Å². The average Bonchev–Trinajstić information content (AvgIpc) is 3.39. The number of carbonyl (C=O) groups excluding carboxylic acids is 1. The molecule has 33 heavy (non-hydrogen) atoms. The third-order valence-electron chi connectivity index (χ3n) is 5.07. The van der Waals surface area contributed by atoms with Gasteiger partial charge in [0.1, 0.15) is 34.5 Å². The van der Waals surface area contributed by atoms with Crippen LogP contribution in [0.2, 0.25) is 5.02 Å². The molecule has 0 aliphatic carbocycles. The molecule has 2 N–H and O–H groups in total. The molecule has 1 amide bonds. The lowest BCUT2D eigenvalue weighted by molar-refractivity contribution is -0.123. The van der Waals surface area contributed by atoms with Crippen molar-refractivity contribution in [1.29, 1.82) is 0 Å². The summed E-state index contributed by atoms with van der Waals surface area (Å²) in [6.07, 6.45) is 1.55. The molecule has 0 bridgehead atoms. The molecular formula is C24H22ClN3O5. The number of rotatable bonds is 7. The van der Waals surface area contributed by atoms with Crippen LogP contribution in [0.3, 0.4) is 0 Å². The minimum absolute atomic E-state index is 0.0988. The summed E-state index contributed by atoms with van der Waals surface area (Å²) in [5, 5.41) is 0.472. The van der Waals surface area contributed by atoms with Gasteiger partial charge in [0.2, 0.25) is 5.96 Å². The first-order valence-electron chi connectivity index (χ1n) is 9.95. The van der Waals surface area contributed by atoms with Crippen molar-refractivity contribution in [3.8, 4) is 28.6 Å². The van der Waals surface area contributed by atoms with Gasteiger partial charge in [-0.15, -0.1) is 0 Å². The maximum atomic E-state index is 13.0. The topological polar surface area (TPSA) is 99.5 Å². The van der Waals surface area contributed by atoms with Gasteiger partial charge in [0.25, 0.3) is 5.91 Å². The normalized spacial score (nSPS) is 14.5. The number of amides is 1. The number of nitrogens with zero attached hydrogens (tertiary/aromatic N) is 2. The second-order valence-corrected chi connectivity index (χ2v) is 7.57. The molecule has 0 unspecified atom stereocenters. The van der Waals surface area contributed by atoms with Crippen LogP contribution in [0.25, 0.3) is 17.4 Å². The molecule has 4 rings (SSSR count). The standard InChI is InChI=1S/C24H22ClN3O5/c1-30-17-8-14(9-18(11-17)31-2)13-28-23(29)20(27-24(28)26)12-16-5-7-21(33-16)15-4-6-22(32-3)19(25)10-15/h4-12H,13H2,1-3H3,(H2,26,27)/b20-12+. The number of hydrogen-bond acceptors (Lipinski definition) is 7. The number of carbonyl (C=O) groups is 1. The highest BCUT2D eigenvalue weighted by Gasteiger charge is 2.29. The summed E-state index contributed by atoms with van der Waals surface area (Å²) in [7, 11) is 4.68. The van der Waals surface area contributed by atoms with Gasteiger partial charge in [0.05, 0.1) is 32.9 Å². The Balaban J connectivity index is 1.54. The zero-order valence-corrected chi connectivity index (χ0v) is 19.1. The molecule has 1 aromatic heterocycles. The number of benzene rings is 2. The number of hydrogen-bond donors (Lipinski definition) is 1. The lowest BCUT2D eigenvalue weighted by atomic mass is 10.1. The summed E-state index contributed by atoms with van der Waals surface area (Å²) in [4.78, 5) is 18.6. The van der Waals surface area contributed by atoms with Crippen LogP contribution in [0, 0.1) is 0 Å². The van der Waals surface area contributed by atoms with Crippen LogP contribution in [0.15, 0.2) is 63.6 Å². The van der Waals surface area contributed by atoms with Crippen molar-refractivity contribution in [1.82, 2.24) is 4.90 Å². The van der Waals surface area contributed by atoms with Crippen molar-refractivity contribution in [3.05, 3.63) is 70.6 Å². The molecule has 1 aliphatic rings. The van der Waals surface area contributed by atoms with Gasteiger partial charge in [-0.05, 0) is 48.0 Å². The number of ether oxygens (including phenoxy) is 3. The first-order valence-corrected chi connectivity index (χ1v) is 10.3. The Hall–Kier alpha value is -3.91. The Morgan fingerprint density at radius 3 is 2.39 bits per heavy atom. The second kappa shape index (κ2) is 9.30. The van der Waals surface area contributed by atoms with E-state index in [0.717, 1.165) is 11.1 Å². The molecule has 1 aliphatic heterocycles. The predicted octanol–water partition coefficient (Wildman–Crippen LogP) is 4.32. The molecule has 0 saturated carbocycles. The van der Waals surface area contributed by atoms with Crippen LogP contribution in [0.4, 0.5) is 0 Å². The van der Waals surface area contributed by atoms with Gasteiger partial charge in [-0.2, -0.15) is 0 Å². The van der Waals surface area contributed by atoms with E-state index in [2.05, 4.69) is 4.99 Å². The fourth-order valence-electron chi connectivity index (χ4n) is 3.40. The van der Waals surface area contributed by atoms with E-state index in [1.165, 1.54) is 4.90 Å². The SMILES string of the molecule is COc1cc(CN2C(=O)/C(=C\c3ccc(-c4ccc(OC)c(Cl)c4)o3)N=C2N)cc(OC)c1. The van der Waals surface area contributed by atoms with Crippen molar-refractivity contribution < 1.29 is 23.4 Å². The lowest BCUT2D eigenvalue weighted by Crippen LogP contribution is -2.36. The van der Waals surface area contributed by atoms with Gasteiger partial charge in [-0.1, -0.05) is 11.6 Å². The van der Waals surface area contributed by atoms with Crippen LogP contribution < -0.4 is 19.9 Å². The van der Waals surface area contributed by atoms with Crippen LogP contribution >= 0.6 is 11.6 Å². The highest BCUT2D eigenvalue weighted by atomic mass is 35.5. The van der Waals surface area contributed by atoms with E-state index < -0.39 is 0 Å². The summed E-state index contributed by atoms with van der Waals surface area (Å²) in [6, 6.07) is 14.2. The monoisotopic (exact) mass is 467 g/mol. The highest BCUT2D eigenvalue weighted by molar-refractivity contribution is 6.32. The molecule has 9 heteroatoms. The van der Waals surface area contributed by atoms with Gasteiger partial charge in [-0.3, -0.25) is 9.69 Å². The van der Waals surface area contributed by atoms with Crippen LogP contribution in [-0.4, -0.2) is 38.1 Å². The molecule has 2 aromatic carbocycles. The third-order valence-corrected chi connectivity index (χ3v) is 5.37. The molecule has 8 nitrogen and oxygen atoms in total. The Morgan fingerprint density at radius 1 is 1.03 bits per heavy atom. The molecule has 170 valence electrons. The molecule has 0 radical (unpaired) electrons. The lowest BCUT2D eigenvalue weighted by Gasteiger charge is -2.16. The zero-order valence-electron chi connectivity index (χ0n) is 18.3. The first-order chi connectivity index (χ1) is 15.9. The molecular weight excluding hydrogens is 446 g/mol. The number of guanidine groups is 1.